The number of amides is 1. The first-order valence-corrected chi connectivity index (χ1v) is 10.7. The van der Waals surface area contributed by atoms with Crippen molar-refractivity contribution in [1.29, 1.82) is 0 Å². The van der Waals surface area contributed by atoms with Crippen molar-refractivity contribution in [1.82, 2.24) is 4.90 Å². The number of carbonyl (C=O) groups is 1. The molecule has 0 unspecified atom stereocenters. The van der Waals surface area contributed by atoms with Gasteiger partial charge in [-0.1, -0.05) is 26.0 Å². The van der Waals surface area contributed by atoms with Gasteiger partial charge in [-0.3, -0.25) is 5.32 Å². The van der Waals surface area contributed by atoms with Gasteiger partial charge in [0.1, 0.15) is 23.6 Å². The average molecular weight is 399 g/mol. The predicted octanol–water partition coefficient (Wildman–Crippen LogP) is 4.71. The van der Waals surface area contributed by atoms with E-state index in [1.54, 1.807) is 11.3 Å². The van der Waals surface area contributed by atoms with E-state index in [1.807, 2.05) is 24.3 Å². The number of nitrogens with zero attached hydrogens (tertiary/aromatic N) is 2. The first-order chi connectivity index (χ1) is 13.6. The van der Waals surface area contributed by atoms with Crippen molar-refractivity contribution in [3.8, 4) is 0 Å². The minimum Gasteiger partial charge on any atom is -0.446 e. The minimum atomic E-state index is -0.380. The number of nitrogens with one attached hydrogen (secondary N) is 2. The Morgan fingerprint density at radius 3 is 2.71 bits per heavy atom. The van der Waals surface area contributed by atoms with Crippen molar-refractivity contribution < 1.29 is 9.53 Å². The molecule has 4 rings (SSSR count). The van der Waals surface area contributed by atoms with Gasteiger partial charge < -0.3 is 15.0 Å². The van der Waals surface area contributed by atoms with Crippen molar-refractivity contribution in [2.24, 2.45) is 4.99 Å². The average Bonchev–Trinajstić information content (AvgIpc) is 3.18. The smallest absolute Gasteiger partial charge is 0.411 e. The summed E-state index contributed by atoms with van der Waals surface area (Å²) in [5.74, 6) is 1.53. The molecule has 0 spiro atoms. The number of hydrogen-bond acceptors (Lipinski definition) is 6. The molecule has 1 saturated heterocycles. The van der Waals surface area contributed by atoms with Crippen LogP contribution < -0.4 is 10.6 Å². The predicted molar refractivity (Wildman–Crippen MR) is 115 cm³/mol. The van der Waals surface area contributed by atoms with Crippen LogP contribution in [0.2, 0.25) is 0 Å². The van der Waals surface area contributed by atoms with Crippen molar-refractivity contribution in [3.63, 3.8) is 0 Å². The normalized spacial score (nSPS) is 17.0. The van der Waals surface area contributed by atoms with Crippen molar-refractivity contribution >= 4 is 34.0 Å². The Morgan fingerprint density at radius 1 is 1.25 bits per heavy atom. The van der Waals surface area contributed by atoms with Crippen LogP contribution in [0.5, 0.6) is 0 Å². The molecular formula is C21H26N4O2S. The molecule has 1 aromatic carbocycles. The van der Waals surface area contributed by atoms with E-state index < -0.39 is 0 Å². The summed E-state index contributed by atoms with van der Waals surface area (Å²) in [6.07, 6.45) is 1.18. The lowest BCUT2D eigenvalue weighted by atomic mass is 10.0. The fourth-order valence-corrected chi connectivity index (χ4v) is 4.37. The number of ether oxygens (including phenoxy) is 1. The van der Waals surface area contributed by atoms with Gasteiger partial charge in [-0.05, 0) is 35.1 Å². The Bertz CT molecular complexity index is 852. The van der Waals surface area contributed by atoms with Crippen LogP contribution in [0.3, 0.4) is 0 Å². The van der Waals surface area contributed by atoms with Gasteiger partial charge in [0, 0.05) is 31.6 Å². The second-order valence-corrected chi connectivity index (χ2v) is 8.39. The van der Waals surface area contributed by atoms with Gasteiger partial charge in [0.15, 0.2) is 0 Å². The molecule has 2 N–H and O–H groups in total. The molecule has 2 aliphatic rings. The maximum atomic E-state index is 12.2. The molecule has 6 nitrogen and oxygen atoms in total. The third-order valence-corrected chi connectivity index (χ3v) is 6.09. The summed E-state index contributed by atoms with van der Waals surface area (Å²) in [4.78, 5) is 19.2. The van der Waals surface area contributed by atoms with E-state index >= 15 is 0 Å². The summed E-state index contributed by atoms with van der Waals surface area (Å²) in [6.45, 7) is 6.61. The monoisotopic (exact) mass is 398 g/mol. The Balaban J connectivity index is 1.27. The number of thiophene rings is 1. The van der Waals surface area contributed by atoms with Crippen LogP contribution >= 0.6 is 11.3 Å². The molecule has 2 aromatic rings. The zero-order valence-corrected chi connectivity index (χ0v) is 17.1. The molecule has 0 radical (unpaired) electrons. The molecule has 2 aliphatic heterocycles. The van der Waals surface area contributed by atoms with Crippen LogP contribution in [0.25, 0.3) is 0 Å². The van der Waals surface area contributed by atoms with Crippen LogP contribution in [0, 0.1) is 0 Å². The summed E-state index contributed by atoms with van der Waals surface area (Å²) in [6, 6.07) is 10.0. The van der Waals surface area contributed by atoms with Crippen molar-refractivity contribution in [3.05, 3.63) is 46.8 Å². The van der Waals surface area contributed by atoms with Gasteiger partial charge in [0.2, 0.25) is 0 Å². The molecule has 1 amide bonds. The van der Waals surface area contributed by atoms with Crippen LogP contribution in [-0.2, 0) is 4.74 Å². The first kappa shape index (κ1) is 18.8. The third kappa shape index (κ3) is 4.14. The summed E-state index contributed by atoms with van der Waals surface area (Å²) in [5, 5.41) is 9.42. The molecule has 0 bridgehead atoms. The maximum absolute atomic E-state index is 12.2. The van der Waals surface area contributed by atoms with E-state index in [1.165, 1.54) is 16.1 Å². The van der Waals surface area contributed by atoms with E-state index in [0.717, 1.165) is 37.5 Å². The lowest BCUT2D eigenvalue weighted by Crippen LogP contribution is -2.43. The van der Waals surface area contributed by atoms with Crippen molar-refractivity contribution in [2.75, 3.05) is 30.4 Å². The van der Waals surface area contributed by atoms with E-state index in [-0.39, 0.29) is 12.2 Å². The van der Waals surface area contributed by atoms with Crippen LogP contribution in [0.15, 0.2) is 40.7 Å². The van der Waals surface area contributed by atoms with E-state index in [2.05, 4.69) is 45.8 Å². The Morgan fingerprint density at radius 2 is 2.00 bits per heavy atom. The third-order valence-electron chi connectivity index (χ3n) is 5.21. The summed E-state index contributed by atoms with van der Waals surface area (Å²) in [5.41, 5.74) is 3.19. The molecule has 0 saturated carbocycles. The number of fused-ring (bicyclic) bond motifs is 1. The number of hydrogen-bond donors (Lipinski definition) is 2. The van der Waals surface area contributed by atoms with Crippen molar-refractivity contribution in [2.45, 2.75) is 38.7 Å². The van der Waals surface area contributed by atoms with Gasteiger partial charge in [0.05, 0.1) is 5.56 Å². The van der Waals surface area contributed by atoms with E-state index in [9.17, 15) is 4.79 Å². The standard InChI is InChI=1S/C21H26N4O2S/c1-14(2)15-3-5-16(6-4-15)24-21(26)27-17-7-10-25(11-8-17)19-18-9-12-28-20(18)23-13-22-19/h3-6,9,12,14,17,23H,7-8,10-11,13H2,1-2H3,(H,24,26). The molecule has 1 aromatic heterocycles. The Kier molecular flexibility index (Phi) is 5.52. The van der Waals surface area contributed by atoms with Gasteiger partial charge in [0.25, 0.3) is 0 Å². The number of amidine groups is 1. The highest BCUT2D eigenvalue weighted by Gasteiger charge is 2.27. The van der Waals surface area contributed by atoms with Gasteiger partial charge >= 0.3 is 6.09 Å². The highest BCUT2D eigenvalue weighted by Crippen LogP contribution is 2.29. The Labute approximate surface area is 169 Å². The van der Waals surface area contributed by atoms with Gasteiger partial charge in [-0.15, -0.1) is 11.3 Å². The molecule has 0 atom stereocenters. The van der Waals surface area contributed by atoms with Gasteiger partial charge in [-0.25, -0.2) is 9.79 Å². The first-order valence-electron chi connectivity index (χ1n) is 9.79. The van der Waals surface area contributed by atoms with Crippen LogP contribution in [-0.4, -0.2) is 42.7 Å². The Hall–Kier alpha value is -2.54. The number of rotatable bonds is 3. The fraction of sp³-hybridized carbons (Fsp3) is 0.429. The molecule has 0 aliphatic carbocycles. The van der Waals surface area contributed by atoms with E-state index in [0.29, 0.717) is 12.6 Å². The summed E-state index contributed by atoms with van der Waals surface area (Å²) in [7, 11) is 0. The fourth-order valence-electron chi connectivity index (χ4n) is 3.60. The molecular weight excluding hydrogens is 372 g/mol. The summed E-state index contributed by atoms with van der Waals surface area (Å²) >= 11 is 1.71. The second kappa shape index (κ2) is 8.22. The lowest BCUT2D eigenvalue weighted by molar-refractivity contribution is 0.0751. The number of carbonyl (C=O) groups excluding carboxylic acids is 1. The quantitative estimate of drug-likeness (QED) is 0.785. The molecule has 3 heterocycles. The van der Waals surface area contributed by atoms with Crippen LogP contribution in [0.1, 0.15) is 43.7 Å². The second-order valence-electron chi connectivity index (χ2n) is 7.47. The molecule has 1 fully saturated rings. The number of piperidine rings is 1. The lowest BCUT2D eigenvalue weighted by Gasteiger charge is -2.35. The molecule has 28 heavy (non-hydrogen) atoms. The number of aliphatic imine (C=N–C) groups is 1. The molecule has 148 valence electrons. The van der Waals surface area contributed by atoms with Crippen LogP contribution in [0.4, 0.5) is 15.5 Å². The number of likely N-dealkylation sites (tertiary alicyclic amines) is 1. The molecule has 7 heteroatoms. The topological polar surface area (TPSA) is 66.0 Å². The maximum Gasteiger partial charge on any atom is 0.411 e. The largest absolute Gasteiger partial charge is 0.446 e. The minimum absolute atomic E-state index is 0.0598. The van der Waals surface area contributed by atoms with E-state index in [4.69, 9.17) is 4.74 Å². The summed E-state index contributed by atoms with van der Waals surface area (Å²) < 4.78 is 5.64. The number of anilines is 2. The number of benzene rings is 1. The highest BCUT2D eigenvalue weighted by molar-refractivity contribution is 7.14. The zero-order chi connectivity index (χ0) is 19.5. The zero-order valence-electron chi connectivity index (χ0n) is 16.3. The van der Waals surface area contributed by atoms with Gasteiger partial charge in [-0.2, -0.15) is 0 Å². The highest BCUT2D eigenvalue weighted by atomic mass is 32.1. The SMILES string of the molecule is CC(C)c1ccc(NC(=O)OC2CCN(C3=NCNc4sccc43)CC2)cc1.